The second-order valence-corrected chi connectivity index (χ2v) is 5.19. The van der Waals surface area contributed by atoms with Gasteiger partial charge in [0.2, 0.25) is 0 Å². The zero-order chi connectivity index (χ0) is 14.7. The van der Waals surface area contributed by atoms with Gasteiger partial charge in [-0.3, -0.25) is 4.79 Å². The normalized spacial score (nSPS) is 10.3. The summed E-state index contributed by atoms with van der Waals surface area (Å²) in [5.41, 5.74) is 7.38. The van der Waals surface area contributed by atoms with E-state index in [1.165, 1.54) is 19.1 Å². The van der Waals surface area contributed by atoms with Crippen LogP contribution in [-0.4, -0.2) is 5.78 Å². The smallest absolute Gasteiger partial charge is 0.163 e. The number of Topliss-reactive ketones (excluding diaryl/α,β-unsaturated/α-hetero) is 1. The highest BCUT2D eigenvalue weighted by Gasteiger charge is 2.10. The Balaban J connectivity index is 2.20. The van der Waals surface area contributed by atoms with Crippen molar-refractivity contribution in [1.82, 2.24) is 0 Å². The third-order valence-electron chi connectivity index (χ3n) is 2.78. The molecule has 0 saturated heterocycles. The number of rotatable bonds is 4. The van der Waals surface area contributed by atoms with Crippen LogP contribution in [0.5, 0.6) is 5.75 Å². The van der Waals surface area contributed by atoms with Crippen LogP contribution >= 0.6 is 15.9 Å². The highest BCUT2D eigenvalue weighted by Crippen LogP contribution is 2.25. The van der Waals surface area contributed by atoms with E-state index in [0.717, 1.165) is 5.56 Å². The lowest BCUT2D eigenvalue weighted by atomic mass is 10.1. The number of ketones is 1. The number of benzene rings is 2. The van der Waals surface area contributed by atoms with Crippen molar-refractivity contribution in [3.8, 4) is 5.75 Å². The van der Waals surface area contributed by atoms with Crippen LogP contribution < -0.4 is 10.5 Å². The first-order valence-corrected chi connectivity index (χ1v) is 6.74. The second kappa shape index (κ2) is 6.05. The summed E-state index contributed by atoms with van der Waals surface area (Å²) in [5.74, 6) is 0.0194. The molecule has 3 nitrogen and oxygen atoms in total. The molecular formula is C15H13BrFNO2. The van der Waals surface area contributed by atoms with Gasteiger partial charge in [0.15, 0.2) is 5.78 Å². The molecule has 2 aromatic rings. The predicted octanol–water partition coefficient (Wildman–Crippen LogP) is 3.95. The van der Waals surface area contributed by atoms with E-state index in [9.17, 15) is 9.18 Å². The number of carbonyl (C=O) groups is 1. The van der Waals surface area contributed by atoms with Gasteiger partial charge in [-0.2, -0.15) is 0 Å². The monoisotopic (exact) mass is 337 g/mol. The van der Waals surface area contributed by atoms with Crippen molar-refractivity contribution in [2.75, 3.05) is 5.73 Å². The molecule has 0 heterocycles. The third-order valence-corrected chi connectivity index (χ3v) is 3.52. The zero-order valence-corrected chi connectivity index (χ0v) is 12.4. The Morgan fingerprint density at radius 3 is 2.70 bits per heavy atom. The molecular weight excluding hydrogens is 325 g/mol. The van der Waals surface area contributed by atoms with Crippen molar-refractivity contribution in [2.45, 2.75) is 13.5 Å². The van der Waals surface area contributed by atoms with Gasteiger partial charge in [0.05, 0.1) is 5.56 Å². The van der Waals surface area contributed by atoms with Crippen LogP contribution in [0.2, 0.25) is 0 Å². The van der Waals surface area contributed by atoms with Crippen LogP contribution in [-0.2, 0) is 6.61 Å². The van der Waals surface area contributed by atoms with Crippen LogP contribution in [0.3, 0.4) is 0 Å². The summed E-state index contributed by atoms with van der Waals surface area (Å²) in [5, 5.41) is 0. The number of hydrogen-bond donors (Lipinski definition) is 1. The molecule has 0 unspecified atom stereocenters. The van der Waals surface area contributed by atoms with Crippen LogP contribution in [0.25, 0.3) is 0 Å². The molecule has 0 radical (unpaired) electrons. The minimum absolute atomic E-state index is 0.120. The van der Waals surface area contributed by atoms with E-state index in [0.29, 0.717) is 21.5 Å². The van der Waals surface area contributed by atoms with Crippen molar-refractivity contribution in [2.24, 2.45) is 0 Å². The average molecular weight is 338 g/mol. The van der Waals surface area contributed by atoms with Gasteiger partial charge in [-0.25, -0.2) is 4.39 Å². The molecule has 104 valence electrons. The highest BCUT2D eigenvalue weighted by atomic mass is 79.9. The van der Waals surface area contributed by atoms with Crippen molar-refractivity contribution in [1.29, 1.82) is 0 Å². The Labute approximate surface area is 124 Å². The number of hydrogen-bond acceptors (Lipinski definition) is 3. The van der Waals surface area contributed by atoms with Crippen LogP contribution in [0.15, 0.2) is 40.9 Å². The van der Waals surface area contributed by atoms with Crippen LogP contribution in [0, 0.1) is 5.82 Å². The summed E-state index contributed by atoms with van der Waals surface area (Å²) in [6, 6.07) is 9.26. The quantitative estimate of drug-likeness (QED) is 0.678. The maximum atomic E-state index is 13.0. The molecule has 2 aromatic carbocycles. The molecule has 2 N–H and O–H groups in total. The first-order chi connectivity index (χ1) is 9.47. The molecule has 0 aliphatic rings. The van der Waals surface area contributed by atoms with Gasteiger partial charge in [0, 0.05) is 15.7 Å². The number of nitrogens with two attached hydrogens (primary N) is 1. The number of nitrogen functional groups attached to an aromatic ring is 1. The zero-order valence-electron chi connectivity index (χ0n) is 10.8. The predicted molar refractivity (Wildman–Crippen MR) is 79.3 cm³/mol. The van der Waals surface area contributed by atoms with Gasteiger partial charge in [-0.1, -0.05) is 22.0 Å². The summed E-state index contributed by atoms with van der Waals surface area (Å²) in [6.45, 7) is 1.68. The van der Waals surface area contributed by atoms with E-state index in [4.69, 9.17) is 10.5 Å². The van der Waals surface area contributed by atoms with Gasteiger partial charge in [0.1, 0.15) is 18.2 Å². The SMILES string of the molecule is CC(=O)c1cc(N)ccc1OCc1ccc(F)cc1Br. The maximum Gasteiger partial charge on any atom is 0.163 e. The van der Waals surface area contributed by atoms with Crippen molar-refractivity contribution in [3.63, 3.8) is 0 Å². The van der Waals surface area contributed by atoms with Gasteiger partial charge >= 0.3 is 0 Å². The lowest BCUT2D eigenvalue weighted by Gasteiger charge is -2.11. The average Bonchev–Trinajstić information content (AvgIpc) is 2.38. The summed E-state index contributed by atoms with van der Waals surface area (Å²) in [6.07, 6.45) is 0. The molecule has 0 fully saturated rings. The van der Waals surface area contributed by atoms with Gasteiger partial charge in [-0.05, 0) is 37.3 Å². The highest BCUT2D eigenvalue weighted by molar-refractivity contribution is 9.10. The van der Waals surface area contributed by atoms with Crippen LogP contribution in [0.4, 0.5) is 10.1 Å². The van der Waals surface area contributed by atoms with E-state index < -0.39 is 0 Å². The van der Waals surface area contributed by atoms with E-state index in [2.05, 4.69) is 15.9 Å². The molecule has 0 aliphatic heterocycles. The molecule has 0 atom stereocenters. The molecule has 2 rings (SSSR count). The lowest BCUT2D eigenvalue weighted by Crippen LogP contribution is -2.03. The van der Waals surface area contributed by atoms with E-state index in [1.54, 1.807) is 24.3 Å². The molecule has 0 aromatic heterocycles. The minimum atomic E-state index is -0.322. The summed E-state index contributed by atoms with van der Waals surface area (Å²) in [7, 11) is 0. The number of halogens is 2. The molecule has 5 heteroatoms. The Hall–Kier alpha value is -1.88. The fourth-order valence-corrected chi connectivity index (χ4v) is 2.21. The van der Waals surface area contributed by atoms with Gasteiger partial charge < -0.3 is 10.5 Å². The molecule has 20 heavy (non-hydrogen) atoms. The Morgan fingerprint density at radius 2 is 2.05 bits per heavy atom. The lowest BCUT2D eigenvalue weighted by molar-refractivity contribution is 0.101. The van der Waals surface area contributed by atoms with E-state index >= 15 is 0 Å². The van der Waals surface area contributed by atoms with Crippen molar-refractivity contribution in [3.05, 3.63) is 57.8 Å². The molecule has 0 saturated carbocycles. The molecule has 0 bridgehead atoms. The summed E-state index contributed by atoms with van der Waals surface area (Å²) < 4.78 is 19.2. The number of anilines is 1. The van der Waals surface area contributed by atoms with Crippen molar-refractivity contribution < 1.29 is 13.9 Å². The standard InChI is InChI=1S/C15H13BrFNO2/c1-9(19)13-7-12(18)4-5-15(13)20-8-10-2-3-11(17)6-14(10)16/h2-7H,8,18H2,1H3. The molecule has 0 amide bonds. The first kappa shape index (κ1) is 14.5. The van der Waals surface area contributed by atoms with E-state index in [1.807, 2.05) is 0 Å². The number of carbonyl (C=O) groups excluding carboxylic acids is 1. The number of ether oxygens (including phenoxy) is 1. The fourth-order valence-electron chi connectivity index (χ4n) is 1.74. The minimum Gasteiger partial charge on any atom is -0.488 e. The third kappa shape index (κ3) is 3.36. The summed E-state index contributed by atoms with van der Waals surface area (Å²) in [4.78, 5) is 11.5. The first-order valence-electron chi connectivity index (χ1n) is 5.94. The van der Waals surface area contributed by atoms with Crippen LogP contribution in [0.1, 0.15) is 22.8 Å². The Bertz CT molecular complexity index is 658. The topological polar surface area (TPSA) is 52.3 Å². The largest absolute Gasteiger partial charge is 0.488 e. The van der Waals surface area contributed by atoms with Crippen molar-refractivity contribution >= 4 is 27.4 Å². The maximum absolute atomic E-state index is 13.0. The fraction of sp³-hybridized carbons (Fsp3) is 0.133. The van der Waals surface area contributed by atoms with Gasteiger partial charge in [-0.15, -0.1) is 0 Å². The van der Waals surface area contributed by atoms with E-state index in [-0.39, 0.29) is 18.2 Å². The Morgan fingerprint density at radius 1 is 1.30 bits per heavy atom. The molecule has 0 aliphatic carbocycles. The second-order valence-electron chi connectivity index (χ2n) is 4.34. The Kier molecular flexibility index (Phi) is 4.39. The summed E-state index contributed by atoms with van der Waals surface area (Å²) >= 11 is 3.27. The molecule has 0 spiro atoms. The van der Waals surface area contributed by atoms with Gasteiger partial charge in [0.25, 0.3) is 0 Å².